The monoisotopic (exact) mass is 286 g/mol. The topological polar surface area (TPSA) is 52.2 Å². The van der Waals surface area contributed by atoms with Crippen LogP contribution < -0.4 is 0 Å². The molecule has 0 fully saturated rings. The molecule has 2 rings (SSSR count). The van der Waals surface area contributed by atoms with Crippen molar-refractivity contribution in [3.8, 4) is 0 Å². The van der Waals surface area contributed by atoms with Crippen LogP contribution in [0.4, 0.5) is 0 Å². The Morgan fingerprint density at radius 1 is 1.24 bits per heavy atom. The van der Waals surface area contributed by atoms with E-state index in [1.165, 1.54) is 0 Å². The smallest absolute Gasteiger partial charge is 0.244 e. The fraction of sp³-hybridized carbons (Fsp3) is 0.375. The second kappa shape index (κ2) is 6.54. The predicted molar refractivity (Wildman–Crippen MR) is 82.7 cm³/mol. The van der Waals surface area contributed by atoms with Crippen molar-refractivity contribution in [3.05, 3.63) is 53.3 Å². The molecule has 5 nitrogen and oxygen atoms in total. The fourth-order valence-corrected chi connectivity index (χ4v) is 2.44. The Balaban J connectivity index is 2.22. The molecule has 1 unspecified atom stereocenters. The molecule has 0 aliphatic heterocycles. The number of hydrogen-bond donors (Lipinski definition) is 1. The predicted octanol–water partition coefficient (Wildman–Crippen LogP) is 1.98. The summed E-state index contributed by atoms with van der Waals surface area (Å²) in [5.74, 6) is 0.0731. The highest BCUT2D eigenvalue weighted by molar-refractivity contribution is 5.83. The van der Waals surface area contributed by atoms with E-state index in [0.29, 0.717) is 6.54 Å². The summed E-state index contributed by atoms with van der Waals surface area (Å²) >= 11 is 0. The van der Waals surface area contributed by atoms with E-state index in [-0.39, 0.29) is 11.9 Å². The van der Waals surface area contributed by atoms with Crippen LogP contribution >= 0.6 is 0 Å². The zero-order valence-corrected chi connectivity index (χ0v) is 13.0. The maximum Gasteiger partial charge on any atom is 0.244 e. The third kappa shape index (κ3) is 3.49. The molecule has 21 heavy (non-hydrogen) atoms. The lowest BCUT2D eigenvalue weighted by molar-refractivity contribution is -0.135. The molecule has 0 radical (unpaired) electrons. The Kier molecular flexibility index (Phi) is 4.75. The van der Waals surface area contributed by atoms with Gasteiger partial charge in [-0.1, -0.05) is 24.3 Å². The zero-order chi connectivity index (χ0) is 15.4. The largest absolute Gasteiger partial charge is 0.338 e. The van der Waals surface area contributed by atoms with E-state index in [1.807, 2.05) is 63.3 Å². The van der Waals surface area contributed by atoms with Gasteiger partial charge in [0.2, 0.25) is 5.91 Å². The molecule has 112 valence electrons. The number of nitrogens with zero attached hydrogens (tertiary/aromatic N) is 3. The number of benzene rings is 1. The highest BCUT2D eigenvalue weighted by Gasteiger charge is 2.27. The van der Waals surface area contributed by atoms with Crippen LogP contribution in [0.15, 0.2) is 36.5 Å². The molecule has 1 heterocycles. The number of carbonyl (C=O) groups is 1. The Hall–Kier alpha value is -2.14. The average Bonchev–Trinajstić information content (AvgIpc) is 2.93. The first-order chi connectivity index (χ1) is 10.0. The highest BCUT2D eigenvalue weighted by Crippen LogP contribution is 2.24. The van der Waals surface area contributed by atoms with Gasteiger partial charge in [-0.15, -0.1) is 0 Å². The van der Waals surface area contributed by atoms with Gasteiger partial charge in [0.15, 0.2) is 0 Å². The van der Waals surface area contributed by atoms with Crippen LogP contribution in [0, 0.1) is 6.92 Å². The molecular weight excluding hydrogens is 264 g/mol. The second-order valence-corrected chi connectivity index (χ2v) is 5.50. The lowest BCUT2D eigenvalue weighted by Gasteiger charge is -2.29. The quantitative estimate of drug-likeness (QED) is 0.914. The van der Waals surface area contributed by atoms with Crippen LogP contribution in [0.3, 0.4) is 0 Å². The second-order valence-electron chi connectivity index (χ2n) is 5.50. The summed E-state index contributed by atoms with van der Waals surface area (Å²) in [6, 6.07) is 9.61. The van der Waals surface area contributed by atoms with Crippen LogP contribution in [0.5, 0.6) is 0 Å². The maximum atomic E-state index is 12.8. The lowest BCUT2D eigenvalue weighted by atomic mass is 9.99. The van der Waals surface area contributed by atoms with Gasteiger partial charge < -0.3 is 4.90 Å². The number of nitrogens with one attached hydrogen (secondary N) is 1. The molecule has 0 aliphatic carbocycles. The van der Waals surface area contributed by atoms with E-state index < -0.39 is 0 Å². The van der Waals surface area contributed by atoms with Crippen molar-refractivity contribution in [2.75, 3.05) is 21.1 Å². The average molecular weight is 286 g/mol. The molecule has 0 spiro atoms. The number of H-pyrrole nitrogens is 1. The van der Waals surface area contributed by atoms with Gasteiger partial charge in [0.25, 0.3) is 0 Å². The van der Waals surface area contributed by atoms with Crippen molar-refractivity contribution in [2.24, 2.45) is 0 Å². The van der Waals surface area contributed by atoms with Gasteiger partial charge in [0, 0.05) is 13.2 Å². The van der Waals surface area contributed by atoms with Crippen molar-refractivity contribution >= 4 is 5.91 Å². The minimum Gasteiger partial charge on any atom is -0.338 e. The minimum absolute atomic E-state index is 0.0731. The van der Waals surface area contributed by atoms with Gasteiger partial charge in [-0.25, -0.2) is 0 Å². The molecule has 0 aliphatic rings. The number of rotatable bonds is 5. The summed E-state index contributed by atoms with van der Waals surface area (Å²) in [6.07, 6.45) is 1.69. The molecule has 0 saturated heterocycles. The number of carbonyl (C=O) groups excluding carboxylic acids is 1. The first-order valence-corrected chi connectivity index (χ1v) is 6.96. The number of aromatic nitrogens is 2. The van der Waals surface area contributed by atoms with Crippen molar-refractivity contribution < 1.29 is 4.79 Å². The summed E-state index contributed by atoms with van der Waals surface area (Å²) in [7, 11) is 5.68. The SMILES string of the molecule is Cc1ccccc1C(C(=O)N(C)Cc1ccn[nH]1)N(C)C. The molecule has 1 aromatic carbocycles. The van der Waals surface area contributed by atoms with Crippen LogP contribution in [0.2, 0.25) is 0 Å². The van der Waals surface area contributed by atoms with Crippen LogP contribution in [0.25, 0.3) is 0 Å². The van der Waals surface area contributed by atoms with Gasteiger partial charge in [-0.3, -0.25) is 14.8 Å². The van der Waals surface area contributed by atoms with E-state index in [1.54, 1.807) is 11.1 Å². The first kappa shape index (κ1) is 15.3. The molecule has 2 aromatic rings. The third-order valence-corrected chi connectivity index (χ3v) is 3.58. The third-order valence-electron chi connectivity index (χ3n) is 3.58. The number of likely N-dealkylation sites (N-methyl/N-ethyl adjacent to an activating group) is 2. The van der Waals surface area contributed by atoms with Crippen LogP contribution in [-0.2, 0) is 11.3 Å². The summed E-state index contributed by atoms with van der Waals surface area (Å²) in [5, 5.41) is 6.80. The van der Waals surface area contributed by atoms with Gasteiger partial charge in [-0.05, 0) is 38.2 Å². The summed E-state index contributed by atoms with van der Waals surface area (Å²) < 4.78 is 0. The van der Waals surface area contributed by atoms with Crippen LogP contribution in [0.1, 0.15) is 22.9 Å². The minimum atomic E-state index is -0.279. The van der Waals surface area contributed by atoms with Gasteiger partial charge >= 0.3 is 0 Å². The molecule has 1 atom stereocenters. The summed E-state index contributed by atoms with van der Waals surface area (Å²) in [5.41, 5.74) is 3.09. The van der Waals surface area contributed by atoms with Crippen molar-refractivity contribution in [2.45, 2.75) is 19.5 Å². The van der Waals surface area contributed by atoms with Crippen molar-refractivity contribution in [3.63, 3.8) is 0 Å². The van der Waals surface area contributed by atoms with Gasteiger partial charge in [0.05, 0.1) is 12.2 Å². The number of hydrogen-bond acceptors (Lipinski definition) is 3. The number of aromatic amines is 1. The molecule has 1 aromatic heterocycles. The molecule has 1 amide bonds. The zero-order valence-electron chi connectivity index (χ0n) is 13.0. The van der Waals surface area contributed by atoms with E-state index in [9.17, 15) is 4.79 Å². The van der Waals surface area contributed by atoms with E-state index >= 15 is 0 Å². The van der Waals surface area contributed by atoms with Gasteiger partial charge in [-0.2, -0.15) is 5.10 Å². The molecule has 5 heteroatoms. The highest BCUT2D eigenvalue weighted by atomic mass is 16.2. The number of aryl methyl sites for hydroxylation is 1. The standard InChI is InChI=1S/C16H22N4O/c1-12-7-5-6-8-14(12)15(19(2)3)16(21)20(4)11-13-9-10-17-18-13/h5-10,15H,11H2,1-4H3,(H,17,18). The molecule has 1 N–H and O–H groups in total. The molecule has 0 bridgehead atoms. The Morgan fingerprint density at radius 2 is 1.95 bits per heavy atom. The van der Waals surface area contributed by atoms with E-state index in [2.05, 4.69) is 10.2 Å². The van der Waals surface area contributed by atoms with Gasteiger partial charge in [0.1, 0.15) is 6.04 Å². The maximum absolute atomic E-state index is 12.8. The first-order valence-electron chi connectivity index (χ1n) is 6.96. The molecular formula is C16H22N4O. The Bertz CT molecular complexity index is 592. The molecule has 0 saturated carbocycles. The summed E-state index contributed by atoms with van der Waals surface area (Å²) in [6.45, 7) is 2.56. The fourth-order valence-electron chi connectivity index (χ4n) is 2.44. The van der Waals surface area contributed by atoms with Crippen molar-refractivity contribution in [1.82, 2.24) is 20.0 Å². The number of amides is 1. The van der Waals surface area contributed by atoms with Crippen LogP contribution in [-0.4, -0.2) is 47.0 Å². The summed E-state index contributed by atoms with van der Waals surface area (Å²) in [4.78, 5) is 16.5. The lowest BCUT2D eigenvalue weighted by Crippen LogP contribution is -2.38. The van der Waals surface area contributed by atoms with E-state index in [0.717, 1.165) is 16.8 Å². The normalized spacial score (nSPS) is 12.4. The Morgan fingerprint density at radius 3 is 2.52 bits per heavy atom. The van der Waals surface area contributed by atoms with E-state index in [4.69, 9.17) is 0 Å². The van der Waals surface area contributed by atoms with Crippen molar-refractivity contribution in [1.29, 1.82) is 0 Å². The Labute approximate surface area is 125 Å².